The first-order valence-electron chi connectivity index (χ1n) is 11.1. The number of para-hydroxylation sites is 1. The largest absolute Gasteiger partial charge is 0.492 e. The van der Waals surface area contributed by atoms with E-state index >= 15 is 0 Å². The van der Waals surface area contributed by atoms with Crippen LogP contribution in [0.2, 0.25) is 5.02 Å². The normalized spacial score (nSPS) is 12.2. The fourth-order valence-corrected chi connectivity index (χ4v) is 5.94. The van der Waals surface area contributed by atoms with E-state index in [0.717, 1.165) is 28.2 Å². The lowest BCUT2D eigenvalue weighted by molar-refractivity contribution is 0.314. The van der Waals surface area contributed by atoms with Crippen molar-refractivity contribution in [2.24, 2.45) is 0 Å². The smallest absolute Gasteiger partial charge is 0.308 e. The number of aromatic nitrogens is 1. The summed E-state index contributed by atoms with van der Waals surface area (Å²) < 4.78 is 36.4. The lowest BCUT2D eigenvalue weighted by Crippen LogP contribution is -2.28. The molecule has 0 bridgehead atoms. The molecule has 0 atom stereocenters. The van der Waals surface area contributed by atoms with Crippen LogP contribution in [0.15, 0.2) is 76.4 Å². The van der Waals surface area contributed by atoms with Gasteiger partial charge in [-0.3, -0.25) is 9.36 Å². The minimum absolute atomic E-state index is 0.0863. The van der Waals surface area contributed by atoms with Gasteiger partial charge in [0.15, 0.2) is 0 Å². The Labute approximate surface area is 214 Å². The zero-order valence-electron chi connectivity index (χ0n) is 19.7. The van der Waals surface area contributed by atoms with Crippen molar-refractivity contribution in [3.8, 4) is 5.75 Å². The maximum absolute atomic E-state index is 12.9. The first kappa shape index (κ1) is 25.4. The van der Waals surface area contributed by atoms with Gasteiger partial charge >= 0.3 is 4.87 Å². The predicted octanol–water partition coefficient (Wildman–Crippen LogP) is 5.42. The average molecular weight is 531 g/mol. The van der Waals surface area contributed by atoms with Crippen LogP contribution in [0.25, 0.3) is 10.2 Å². The number of ether oxygens (including phenoxy) is 1. The Balaban J connectivity index is 1.45. The average Bonchev–Trinajstić information content (AvgIpc) is 3.12. The highest BCUT2D eigenvalue weighted by atomic mass is 35.5. The first-order valence-corrected chi connectivity index (χ1v) is 13.8. The summed E-state index contributed by atoms with van der Waals surface area (Å²) in [5.74, 6) is 0.743. The van der Waals surface area contributed by atoms with Gasteiger partial charge in [0.25, 0.3) is 0 Å². The van der Waals surface area contributed by atoms with Gasteiger partial charge in [-0.15, -0.1) is 0 Å². The third-order valence-electron chi connectivity index (χ3n) is 5.55. The van der Waals surface area contributed by atoms with E-state index in [0.29, 0.717) is 21.8 Å². The van der Waals surface area contributed by atoms with Crippen molar-refractivity contribution in [2.75, 3.05) is 13.2 Å². The van der Waals surface area contributed by atoms with Crippen molar-refractivity contribution in [2.45, 2.75) is 37.6 Å². The standard InChI is InChI=1S/C26H27ClN2O4S2/c1-26(2,3)21-6-4-5-7-23(21)33-15-14-28-35(31,32)20-12-13-22-24(16-20)34-25(30)29(22)17-18-8-10-19(27)11-9-18/h4-13,16,28H,14-15,17H2,1-3H3. The predicted molar refractivity (Wildman–Crippen MR) is 142 cm³/mol. The number of fused-ring (bicyclic) bond motifs is 1. The molecule has 1 heterocycles. The van der Waals surface area contributed by atoms with E-state index < -0.39 is 10.0 Å². The number of hydrogen-bond donors (Lipinski definition) is 1. The van der Waals surface area contributed by atoms with Gasteiger partial charge < -0.3 is 4.74 Å². The number of sulfonamides is 1. The highest BCUT2D eigenvalue weighted by Gasteiger charge is 2.19. The van der Waals surface area contributed by atoms with Gasteiger partial charge in [0.1, 0.15) is 12.4 Å². The monoisotopic (exact) mass is 530 g/mol. The molecule has 0 aliphatic heterocycles. The summed E-state index contributed by atoms with van der Waals surface area (Å²) in [5, 5.41) is 0.627. The van der Waals surface area contributed by atoms with Crippen LogP contribution in [0, 0.1) is 0 Å². The zero-order valence-corrected chi connectivity index (χ0v) is 22.1. The van der Waals surface area contributed by atoms with E-state index in [1.807, 2.05) is 36.4 Å². The lowest BCUT2D eigenvalue weighted by atomic mass is 9.86. The first-order chi connectivity index (χ1) is 16.5. The Morgan fingerprint density at radius 1 is 1.03 bits per heavy atom. The Hall–Kier alpha value is -2.65. The lowest BCUT2D eigenvalue weighted by Gasteiger charge is -2.22. The van der Waals surface area contributed by atoms with E-state index in [-0.39, 0.29) is 28.3 Å². The fraction of sp³-hybridized carbons (Fsp3) is 0.269. The molecule has 6 nitrogen and oxygen atoms in total. The second kappa shape index (κ2) is 10.1. The van der Waals surface area contributed by atoms with Gasteiger partial charge in [-0.05, 0) is 52.9 Å². The summed E-state index contributed by atoms with van der Waals surface area (Å²) in [6, 6.07) is 19.8. The summed E-state index contributed by atoms with van der Waals surface area (Å²) in [6.45, 7) is 7.00. The third-order valence-corrected chi connectivity index (χ3v) is 8.20. The van der Waals surface area contributed by atoms with Crippen LogP contribution in [0.3, 0.4) is 0 Å². The van der Waals surface area contributed by atoms with E-state index in [1.54, 1.807) is 22.8 Å². The highest BCUT2D eigenvalue weighted by Crippen LogP contribution is 2.31. The van der Waals surface area contributed by atoms with Crippen LogP contribution in [-0.4, -0.2) is 26.1 Å². The van der Waals surface area contributed by atoms with Gasteiger partial charge in [0.2, 0.25) is 10.0 Å². The molecule has 0 aliphatic carbocycles. The topological polar surface area (TPSA) is 77.4 Å². The molecule has 1 N–H and O–H groups in total. The fourth-order valence-electron chi connectivity index (χ4n) is 3.77. The molecule has 4 rings (SSSR count). The number of rotatable bonds is 8. The Morgan fingerprint density at radius 2 is 1.74 bits per heavy atom. The molecular weight excluding hydrogens is 504 g/mol. The van der Waals surface area contributed by atoms with Gasteiger partial charge in [0, 0.05) is 11.6 Å². The van der Waals surface area contributed by atoms with Crippen LogP contribution in [-0.2, 0) is 22.0 Å². The molecule has 9 heteroatoms. The molecule has 0 aliphatic rings. The molecule has 4 aromatic rings. The summed E-state index contributed by atoms with van der Waals surface area (Å²) in [4.78, 5) is 12.5. The number of nitrogens with zero attached hydrogens (tertiary/aromatic N) is 1. The number of halogens is 1. The van der Waals surface area contributed by atoms with Gasteiger partial charge in [-0.25, -0.2) is 13.1 Å². The summed E-state index contributed by atoms with van der Waals surface area (Å²) in [7, 11) is -3.76. The van der Waals surface area contributed by atoms with Crippen LogP contribution in [0.1, 0.15) is 31.9 Å². The molecule has 0 amide bonds. The minimum atomic E-state index is -3.76. The molecule has 1 aromatic heterocycles. The second-order valence-electron chi connectivity index (χ2n) is 9.20. The van der Waals surface area contributed by atoms with Crippen molar-refractivity contribution in [3.63, 3.8) is 0 Å². The maximum atomic E-state index is 12.9. The quantitative estimate of drug-likeness (QED) is 0.309. The SMILES string of the molecule is CC(C)(C)c1ccccc1OCCNS(=O)(=O)c1ccc2c(c1)sc(=O)n2Cc1ccc(Cl)cc1. The molecule has 0 spiro atoms. The number of nitrogens with one attached hydrogen (secondary N) is 1. The Morgan fingerprint density at radius 3 is 2.46 bits per heavy atom. The van der Waals surface area contributed by atoms with Gasteiger partial charge in [0.05, 0.1) is 21.7 Å². The van der Waals surface area contributed by atoms with Crippen LogP contribution < -0.4 is 14.3 Å². The second-order valence-corrected chi connectivity index (χ2v) is 12.4. The maximum Gasteiger partial charge on any atom is 0.308 e. The van der Waals surface area contributed by atoms with E-state index in [2.05, 4.69) is 25.5 Å². The molecule has 0 radical (unpaired) electrons. The van der Waals surface area contributed by atoms with Crippen molar-refractivity contribution < 1.29 is 13.2 Å². The summed E-state index contributed by atoms with van der Waals surface area (Å²) in [5.41, 5.74) is 2.60. The highest BCUT2D eigenvalue weighted by molar-refractivity contribution is 7.89. The van der Waals surface area contributed by atoms with Crippen LogP contribution in [0.4, 0.5) is 0 Å². The van der Waals surface area contributed by atoms with Crippen LogP contribution >= 0.6 is 22.9 Å². The van der Waals surface area contributed by atoms with E-state index in [1.165, 1.54) is 12.1 Å². The molecule has 35 heavy (non-hydrogen) atoms. The number of benzene rings is 3. The third kappa shape index (κ3) is 5.95. The number of thiazole rings is 1. The van der Waals surface area contributed by atoms with Crippen molar-refractivity contribution in [3.05, 3.63) is 92.5 Å². The molecule has 184 valence electrons. The molecule has 0 fully saturated rings. The summed E-state index contributed by atoms with van der Waals surface area (Å²) in [6.07, 6.45) is 0. The molecular formula is C26H27ClN2O4S2. The van der Waals surface area contributed by atoms with Crippen molar-refractivity contribution in [1.29, 1.82) is 0 Å². The van der Waals surface area contributed by atoms with Crippen LogP contribution in [0.5, 0.6) is 5.75 Å². The molecule has 0 unspecified atom stereocenters. The van der Waals surface area contributed by atoms with Gasteiger partial charge in [-0.2, -0.15) is 0 Å². The van der Waals surface area contributed by atoms with Crippen molar-refractivity contribution in [1.82, 2.24) is 9.29 Å². The van der Waals surface area contributed by atoms with E-state index in [4.69, 9.17) is 16.3 Å². The molecule has 0 saturated heterocycles. The Bertz CT molecular complexity index is 1500. The summed E-state index contributed by atoms with van der Waals surface area (Å²) >= 11 is 6.97. The van der Waals surface area contributed by atoms with Crippen molar-refractivity contribution >= 4 is 43.2 Å². The van der Waals surface area contributed by atoms with Gasteiger partial charge in [-0.1, -0.05) is 74.0 Å². The molecule has 0 saturated carbocycles. The zero-order chi connectivity index (χ0) is 25.2. The van der Waals surface area contributed by atoms with E-state index in [9.17, 15) is 13.2 Å². The Kier molecular flexibility index (Phi) is 7.38. The minimum Gasteiger partial charge on any atom is -0.492 e. The number of hydrogen-bond acceptors (Lipinski definition) is 5. The molecule has 3 aromatic carbocycles.